The van der Waals surface area contributed by atoms with Gasteiger partial charge >= 0.3 is 6.09 Å². The van der Waals surface area contributed by atoms with E-state index in [1.807, 2.05) is 20.8 Å². The van der Waals surface area contributed by atoms with Crippen LogP contribution in [0.3, 0.4) is 0 Å². The minimum Gasteiger partial charge on any atom is -0.444 e. The Hall–Kier alpha value is -1.30. The Balaban J connectivity index is 2.37. The predicted molar refractivity (Wildman–Crippen MR) is 65.7 cm³/mol. The average molecular weight is 258 g/mol. The summed E-state index contributed by atoms with van der Waals surface area (Å²) in [5, 5.41) is 3.76. The van der Waals surface area contributed by atoms with Crippen LogP contribution in [0.4, 0.5) is 4.79 Å². The highest BCUT2D eigenvalue weighted by atomic mass is 16.7. The third-order valence-corrected chi connectivity index (χ3v) is 1.97. The minimum absolute atomic E-state index is 0.254. The van der Waals surface area contributed by atoms with Gasteiger partial charge in [0.15, 0.2) is 0 Å². The van der Waals surface area contributed by atoms with Crippen LogP contribution in [0.2, 0.25) is 0 Å². The summed E-state index contributed by atoms with van der Waals surface area (Å²) >= 11 is 0. The first-order valence-electron chi connectivity index (χ1n) is 5.98. The highest BCUT2D eigenvalue weighted by Crippen LogP contribution is 2.18. The van der Waals surface area contributed by atoms with Gasteiger partial charge in [-0.2, -0.15) is 0 Å². The highest BCUT2D eigenvalue weighted by Gasteiger charge is 2.41. The van der Waals surface area contributed by atoms with E-state index in [0.717, 1.165) is 0 Å². The molecule has 0 radical (unpaired) electrons. The molecule has 18 heavy (non-hydrogen) atoms. The Labute approximate surface area is 108 Å². The molecule has 2 amide bonds. The van der Waals surface area contributed by atoms with E-state index in [0.29, 0.717) is 6.54 Å². The molecule has 1 unspecified atom stereocenters. The van der Waals surface area contributed by atoms with Gasteiger partial charge in [0, 0.05) is 0 Å². The van der Waals surface area contributed by atoms with Gasteiger partial charge in [0.2, 0.25) is 0 Å². The number of hydrogen-bond donors (Lipinski definition) is 1. The molecular weight excluding hydrogens is 236 g/mol. The number of nitrogens with zero attached hydrogens (tertiary/aromatic N) is 1. The van der Waals surface area contributed by atoms with Gasteiger partial charge in [-0.25, -0.2) is 9.86 Å². The second kappa shape index (κ2) is 4.76. The lowest BCUT2D eigenvalue weighted by atomic mass is 10.1. The fraction of sp³-hybridized carbons (Fsp3) is 0.833. The second-order valence-electron chi connectivity index (χ2n) is 6.30. The Morgan fingerprint density at radius 2 is 1.78 bits per heavy atom. The Kier molecular flexibility index (Phi) is 3.90. The summed E-state index contributed by atoms with van der Waals surface area (Å²) in [7, 11) is 0. The molecule has 1 N–H and O–H groups in total. The molecular formula is C12H22N2O4. The van der Waals surface area contributed by atoms with Gasteiger partial charge in [0.25, 0.3) is 5.91 Å². The molecule has 6 heteroatoms. The van der Waals surface area contributed by atoms with E-state index < -0.39 is 23.3 Å². The average Bonchev–Trinajstić information content (AvgIpc) is 2.10. The van der Waals surface area contributed by atoms with Gasteiger partial charge in [0.1, 0.15) is 11.6 Å². The summed E-state index contributed by atoms with van der Waals surface area (Å²) in [6.07, 6.45) is -0.587. The number of β-lactam (4-membered cyclic amide) rings is 1. The van der Waals surface area contributed by atoms with E-state index in [-0.39, 0.29) is 5.91 Å². The van der Waals surface area contributed by atoms with Crippen LogP contribution in [0.15, 0.2) is 0 Å². The largest absolute Gasteiger partial charge is 0.444 e. The SMILES string of the molecule is CC(C)(C)OC(=O)NC1CN(OC(C)(C)C)C1=O. The van der Waals surface area contributed by atoms with Crippen molar-refractivity contribution >= 4 is 12.0 Å². The predicted octanol–water partition coefficient (Wildman–Crippen LogP) is 1.45. The zero-order chi connectivity index (χ0) is 14.1. The fourth-order valence-corrected chi connectivity index (χ4v) is 1.37. The van der Waals surface area contributed by atoms with Crippen LogP contribution in [0.25, 0.3) is 0 Å². The van der Waals surface area contributed by atoms with Crippen molar-refractivity contribution < 1.29 is 19.2 Å². The van der Waals surface area contributed by atoms with Crippen molar-refractivity contribution in [2.75, 3.05) is 6.54 Å². The smallest absolute Gasteiger partial charge is 0.408 e. The Bertz CT molecular complexity index is 341. The molecule has 1 atom stereocenters. The van der Waals surface area contributed by atoms with E-state index >= 15 is 0 Å². The molecule has 1 aliphatic rings. The third kappa shape index (κ3) is 4.52. The molecule has 0 aromatic carbocycles. The minimum atomic E-state index is -0.587. The maximum absolute atomic E-state index is 11.7. The fourth-order valence-electron chi connectivity index (χ4n) is 1.37. The van der Waals surface area contributed by atoms with Crippen LogP contribution in [-0.4, -0.2) is 40.9 Å². The number of rotatable bonds is 2. The van der Waals surface area contributed by atoms with Crippen LogP contribution in [0.1, 0.15) is 41.5 Å². The van der Waals surface area contributed by atoms with Crippen LogP contribution in [0.5, 0.6) is 0 Å². The van der Waals surface area contributed by atoms with Gasteiger partial charge in [-0.3, -0.25) is 9.63 Å². The molecule has 0 bridgehead atoms. The molecule has 0 aliphatic carbocycles. The topological polar surface area (TPSA) is 67.9 Å². The molecule has 0 saturated carbocycles. The second-order valence-corrected chi connectivity index (χ2v) is 6.30. The highest BCUT2D eigenvalue weighted by molar-refractivity contribution is 5.90. The summed E-state index contributed by atoms with van der Waals surface area (Å²) < 4.78 is 5.07. The summed E-state index contributed by atoms with van der Waals surface area (Å²) in [6.45, 7) is 11.2. The van der Waals surface area contributed by atoms with E-state index in [1.165, 1.54) is 5.06 Å². The van der Waals surface area contributed by atoms with Crippen LogP contribution in [0, 0.1) is 0 Å². The number of carbonyl (C=O) groups excluding carboxylic acids is 2. The lowest BCUT2D eigenvalue weighted by Gasteiger charge is -2.40. The molecule has 1 saturated heterocycles. The molecule has 0 spiro atoms. The quantitative estimate of drug-likeness (QED) is 0.761. The number of nitrogens with one attached hydrogen (secondary N) is 1. The zero-order valence-corrected chi connectivity index (χ0v) is 11.9. The monoisotopic (exact) mass is 258 g/mol. The van der Waals surface area contributed by atoms with E-state index in [9.17, 15) is 9.59 Å². The van der Waals surface area contributed by atoms with Gasteiger partial charge < -0.3 is 10.1 Å². The maximum atomic E-state index is 11.7. The lowest BCUT2D eigenvalue weighted by molar-refractivity contribution is -0.251. The normalized spacial score (nSPS) is 20.4. The van der Waals surface area contributed by atoms with Crippen molar-refractivity contribution in [1.29, 1.82) is 0 Å². The molecule has 104 valence electrons. The summed E-state index contributed by atoms with van der Waals surface area (Å²) in [6, 6.07) is -0.554. The van der Waals surface area contributed by atoms with Crippen LogP contribution >= 0.6 is 0 Å². The van der Waals surface area contributed by atoms with Gasteiger partial charge in [0.05, 0.1) is 12.1 Å². The van der Waals surface area contributed by atoms with Crippen molar-refractivity contribution in [3.05, 3.63) is 0 Å². The van der Waals surface area contributed by atoms with E-state index in [2.05, 4.69) is 5.32 Å². The molecule has 0 aromatic rings. The Morgan fingerprint density at radius 1 is 1.22 bits per heavy atom. The first-order valence-corrected chi connectivity index (χ1v) is 5.98. The van der Waals surface area contributed by atoms with E-state index in [4.69, 9.17) is 9.57 Å². The van der Waals surface area contributed by atoms with Crippen molar-refractivity contribution in [3.63, 3.8) is 0 Å². The first kappa shape index (κ1) is 14.8. The third-order valence-electron chi connectivity index (χ3n) is 1.97. The van der Waals surface area contributed by atoms with Crippen molar-refractivity contribution in [2.24, 2.45) is 0 Å². The lowest BCUT2D eigenvalue weighted by Crippen LogP contribution is -2.65. The van der Waals surface area contributed by atoms with E-state index in [1.54, 1.807) is 20.8 Å². The Morgan fingerprint density at radius 3 is 2.17 bits per heavy atom. The molecule has 1 rings (SSSR count). The van der Waals surface area contributed by atoms with Crippen molar-refractivity contribution in [3.8, 4) is 0 Å². The standard InChI is InChI=1S/C12H22N2O4/c1-11(2,3)17-10(16)13-8-7-14(9(8)15)18-12(4,5)6/h8H,7H2,1-6H3,(H,13,16). The number of amides is 2. The summed E-state index contributed by atoms with van der Waals surface area (Å²) in [4.78, 5) is 28.5. The maximum Gasteiger partial charge on any atom is 0.408 e. The molecule has 1 aliphatic heterocycles. The van der Waals surface area contributed by atoms with Gasteiger partial charge in [-0.05, 0) is 41.5 Å². The first-order chi connectivity index (χ1) is 7.98. The molecule has 1 heterocycles. The number of alkyl carbamates (subject to hydrolysis) is 1. The number of hydroxylamine groups is 2. The number of carbonyl (C=O) groups is 2. The summed E-state index contributed by atoms with van der Waals surface area (Å²) in [5.74, 6) is -0.254. The number of ether oxygens (including phenoxy) is 1. The van der Waals surface area contributed by atoms with Gasteiger partial charge in [-0.1, -0.05) is 0 Å². The molecule has 6 nitrogen and oxygen atoms in total. The molecule has 1 fully saturated rings. The van der Waals surface area contributed by atoms with Crippen molar-refractivity contribution in [1.82, 2.24) is 10.4 Å². The van der Waals surface area contributed by atoms with Gasteiger partial charge in [-0.15, -0.1) is 0 Å². The molecule has 0 aromatic heterocycles. The zero-order valence-electron chi connectivity index (χ0n) is 11.9. The summed E-state index contributed by atoms with van der Waals surface area (Å²) in [5.41, 5.74) is -0.995. The van der Waals surface area contributed by atoms with Crippen molar-refractivity contribution in [2.45, 2.75) is 58.8 Å². The van der Waals surface area contributed by atoms with Crippen LogP contribution < -0.4 is 5.32 Å². The number of hydrogen-bond acceptors (Lipinski definition) is 4. The van der Waals surface area contributed by atoms with Crippen LogP contribution in [-0.2, 0) is 14.4 Å².